The number of carbonyl (C=O) groups is 1. The molecule has 136 valence electrons. The Labute approximate surface area is 150 Å². The summed E-state index contributed by atoms with van der Waals surface area (Å²) in [5, 5.41) is 6.65. The van der Waals surface area contributed by atoms with E-state index in [9.17, 15) is 4.79 Å². The molecule has 1 aliphatic carbocycles. The molecule has 2 fully saturated rings. The van der Waals surface area contributed by atoms with E-state index in [0.717, 1.165) is 45.0 Å². The van der Waals surface area contributed by atoms with Crippen molar-refractivity contribution in [2.75, 3.05) is 51.3 Å². The molecule has 0 aromatic heterocycles. The Kier molecular flexibility index (Phi) is 4.95. The highest BCUT2D eigenvalue weighted by molar-refractivity contribution is 5.95. The number of anilines is 1. The van der Waals surface area contributed by atoms with Crippen molar-refractivity contribution in [3.63, 3.8) is 0 Å². The van der Waals surface area contributed by atoms with Crippen LogP contribution >= 0.6 is 0 Å². The molecule has 0 radical (unpaired) electrons. The van der Waals surface area contributed by atoms with E-state index < -0.39 is 0 Å². The van der Waals surface area contributed by atoms with Crippen molar-refractivity contribution in [3.05, 3.63) is 29.3 Å². The van der Waals surface area contributed by atoms with Crippen molar-refractivity contribution in [1.29, 1.82) is 0 Å². The van der Waals surface area contributed by atoms with Gasteiger partial charge in [-0.3, -0.25) is 9.69 Å². The molecule has 3 aliphatic rings. The monoisotopic (exact) mass is 343 g/mol. The van der Waals surface area contributed by atoms with Gasteiger partial charge in [0.15, 0.2) is 0 Å². The Hall–Kier alpha value is -1.59. The van der Waals surface area contributed by atoms with Gasteiger partial charge in [0.25, 0.3) is 5.91 Å². The van der Waals surface area contributed by atoms with Crippen LogP contribution in [-0.2, 0) is 10.2 Å². The van der Waals surface area contributed by atoms with Crippen LogP contribution in [0.1, 0.15) is 48.0 Å². The third-order valence-corrected chi connectivity index (χ3v) is 6.10. The Balaban J connectivity index is 1.39. The van der Waals surface area contributed by atoms with Gasteiger partial charge in [-0.15, -0.1) is 0 Å². The first-order chi connectivity index (χ1) is 12.3. The van der Waals surface area contributed by atoms with Crippen LogP contribution in [0.15, 0.2) is 18.2 Å². The first kappa shape index (κ1) is 16.9. The van der Waals surface area contributed by atoms with Crippen molar-refractivity contribution < 1.29 is 9.53 Å². The van der Waals surface area contributed by atoms with Crippen LogP contribution in [0.25, 0.3) is 0 Å². The lowest BCUT2D eigenvalue weighted by Gasteiger charge is -2.33. The normalized spacial score (nSPS) is 22.4. The van der Waals surface area contributed by atoms with E-state index in [-0.39, 0.29) is 11.3 Å². The molecular weight excluding hydrogens is 314 g/mol. The number of fused-ring (bicyclic) bond motifs is 2. The molecule has 4 rings (SSSR count). The standard InChI is InChI=1S/C20H29N3O2/c24-19(21-8-9-23-10-12-25-13-11-23)16-4-5-18-17(14-16)20(15-22-18)6-2-1-3-7-20/h4-5,14,22H,1-3,6-13,15H2,(H,21,24). The molecule has 5 nitrogen and oxygen atoms in total. The van der Waals surface area contributed by atoms with Crippen LogP contribution in [0.4, 0.5) is 5.69 Å². The number of hydrogen-bond donors (Lipinski definition) is 2. The number of morpholine rings is 1. The minimum atomic E-state index is 0.0499. The summed E-state index contributed by atoms with van der Waals surface area (Å²) in [6.45, 7) is 6.14. The highest BCUT2D eigenvalue weighted by Gasteiger charge is 2.39. The zero-order valence-corrected chi connectivity index (χ0v) is 15.0. The van der Waals surface area contributed by atoms with Gasteiger partial charge in [0.2, 0.25) is 0 Å². The molecule has 2 heterocycles. The molecule has 25 heavy (non-hydrogen) atoms. The van der Waals surface area contributed by atoms with Crippen molar-refractivity contribution >= 4 is 11.6 Å². The van der Waals surface area contributed by atoms with Gasteiger partial charge in [0.05, 0.1) is 13.2 Å². The van der Waals surface area contributed by atoms with E-state index in [4.69, 9.17) is 4.74 Å². The Bertz CT molecular complexity index is 614. The number of rotatable bonds is 4. The van der Waals surface area contributed by atoms with Crippen LogP contribution in [-0.4, -0.2) is 56.7 Å². The van der Waals surface area contributed by atoms with Crippen molar-refractivity contribution in [2.24, 2.45) is 0 Å². The molecule has 5 heteroatoms. The minimum absolute atomic E-state index is 0.0499. The van der Waals surface area contributed by atoms with E-state index in [1.807, 2.05) is 6.07 Å². The maximum atomic E-state index is 12.6. The van der Waals surface area contributed by atoms with Crippen molar-refractivity contribution in [3.8, 4) is 0 Å². The molecule has 0 bridgehead atoms. The number of ether oxygens (including phenoxy) is 1. The number of benzene rings is 1. The molecule has 0 unspecified atom stereocenters. The van der Waals surface area contributed by atoms with Crippen molar-refractivity contribution in [1.82, 2.24) is 10.2 Å². The Morgan fingerprint density at radius 1 is 1.20 bits per heavy atom. The van der Waals surface area contributed by atoms with Gasteiger partial charge in [-0.25, -0.2) is 0 Å². The van der Waals surface area contributed by atoms with E-state index >= 15 is 0 Å². The molecule has 1 aromatic rings. The zero-order chi connectivity index (χ0) is 17.1. The Morgan fingerprint density at radius 3 is 2.80 bits per heavy atom. The summed E-state index contributed by atoms with van der Waals surface area (Å²) in [6.07, 6.45) is 6.44. The van der Waals surface area contributed by atoms with Crippen LogP contribution in [0.2, 0.25) is 0 Å². The highest BCUT2D eigenvalue weighted by atomic mass is 16.5. The maximum absolute atomic E-state index is 12.6. The summed E-state index contributed by atoms with van der Waals surface area (Å²) in [7, 11) is 0. The molecule has 0 atom stereocenters. The molecule has 1 aromatic carbocycles. The van der Waals surface area contributed by atoms with Crippen LogP contribution in [0.3, 0.4) is 0 Å². The predicted octanol–water partition coefficient (Wildman–Crippen LogP) is 2.38. The summed E-state index contributed by atoms with van der Waals surface area (Å²) in [6, 6.07) is 6.19. The average molecular weight is 343 g/mol. The quantitative estimate of drug-likeness (QED) is 0.881. The molecule has 1 saturated carbocycles. The molecule has 1 amide bonds. The third kappa shape index (κ3) is 3.53. The van der Waals surface area contributed by atoms with Gasteiger partial charge in [0.1, 0.15) is 0 Å². The second-order valence-corrected chi connectivity index (χ2v) is 7.66. The maximum Gasteiger partial charge on any atom is 0.251 e. The molecule has 2 N–H and O–H groups in total. The minimum Gasteiger partial charge on any atom is -0.384 e. The number of carbonyl (C=O) groups excluding carboxylic acids is 1. The first-order valence-electron chi connectivity index (χ1n) is 9.74. The third-order valence-electron chi connectivity index (χ3n) is 6.10. The summed E-state index contributed by atoms with van der Waals surface area (Å²) in [4.78, 5) is 14.9. The summed E-state index contributed by atoms with van der Waals surface area (Å²) in [5.41, 5.74) is 3.66. The largest absolute Gasteiger partial charge is 0.384 e. The van der Waals surface area contributed by atoms with Crippen LogP contribution in [0, 0.1) is 0 Å². The van der Waals surface area contributed by atoms with E-state index in [1.54, 1.807) is 0 Å². The molecular formula is C20H29N3O2. The average Bonchev–Trinajstić information content (AvgIpc) is 3.00. The summed E-state index contributed by atoms with van der Waals surface area (Å²) in [5.74, 6) is 0.0499. The van der Waals surface area contributed by atoms with Gasteiger partial charge in [-0.2, -0.15) is 0 Å². The zero-order valence-electron chi connectivity index (χ0n) is 15.0. The highest BCUT2D eigenvalue weighted by Crippen LogP contribution is 2.46. The fourth-order valence-electron chi connectivity index (χ4n) is 4.57. The fourth-order valence-corrected chi connectivity index (χ4v) is 4.57. The molecule has 1 saturated heterocycles. The van der Waals surface area contributed by atoms with Gasteiger partial charge >= 0.3 is 0 Å². The lowest BCUT2D eigenvalue weighted by molar-refractivity contribution is 0.0383. The number of amides is 1. The van der Waals surface area contributed by atoms with Gasteiger partial charge in [0, 0.05) is 49.4 Å². The Morgan fingerprint density at radius 2 is 2.00 bits per heavy atom. The van der Waals surface area contributed by atoms with Crippen LogP contribution < -0.4 is 10.6 Å². The van der Waals surface area contributed by atoms with Crippen LogP contribution in [0.5, 0.6) is 0 Å². The van der Waals surface area contributed by atoms with Gasteiger partial charge in [-0.1, -0.05) is 19.3 Å². The fraction of sp³-hybridized carbons (Fsp3) is 0.650. The summed E-state index contributed by atoms with van der Waals surface area (Å²) < 4.78 is 5.36. The number of nitrogens with one attached hydrogen (secondary N) is 2. The lowest BCUT2D eigenvalue weighted by Crippen LogP contribution is -2.41. The topological polar surface area (TPSA) is 53.6 Å². The van der Waals surface area contributed by atoms with Gasteiger partial charge < -0.3 is 15.4 Å². The summed E-state index contributed by atoms with van der Waals surface area (Å²) >= 11 is 0. The van der Waals surface area contributed by atoms with Crippen molar-refractivity contribution in [2.45, 2.75) is 37.5 Å². The van der Waals surface area contributed by atoms with E-state index in [1.165, 1.54) is 43.4 Å². The van der Waals surface area contributed by atoms with Gasteiger partial charge in [-0.05, 0) is 36.6 Å². The number of nitrogens with zero attached hydrogens (tertiary/aromatic N) is 1. The van der Waals surface area contributed by atoms with E-state index in [0.29, 0.717) is 6.54 Å². The lowest BCUT2D eigenvalue weighted by atomic mass is 9.70. The molecule has 2 aliphatic heterocycles. The SMILES string of the molecule is O=C(NCCN1CCOCC1)c1ccc2c(c1)C1(CCCCC1)CN2. The van der Waals surface area contributed by atoms with E-state index in [2.05, 4.69) is 27.7 Å². The number of hydrogen-bond acceptors (Lipinski definition) is 4. The smallest absolute Gasteiger partial charge is 0.251 e. The second-order valence-electron chi connectivity index (χ2n) is 7.66. The first-order valence-corrected chi connectivity index (χ1v) is 9.74. The predicted molar refractivity (Wildman–Crippen MR) is 99.3 cm³/mol. The molecule has 1 spiro atoms. The second kappa shape index (κ2) is 7.34.